The standard InChI is InChI=1S/C13H21N5O2/c1-16(2)13(17(3)4)15-10-9-14-11-5-7-12(8-6-11)18(19)20/h5-8,14H,9-10H2,1-4H3. The lowest BCUT2D eigenvalue weighted by atomic mass is 10.3. The second kappa shape index (κ2) is 7.32. The minimum Gasteiger partial charge on any atom is -0.383 e. The number of hydrogen-bond donors (Lipinski definition) is 1. The van der Waals surface area contributed by atoms with Crippen molar-refractivity contribution < 1.29 is 4.92 Å². The van der Waals surface area contributed by atoms with Crippen LogP contribution in [0.25, 0.3) is 0 Å². The molecule has 7 nitrogen and oxygen atoms in total. The van der Waals surface area contributed by atoms with Gasteiger partial charge in [0.1, 0.15) is 0 Å². The molecule has 1 rings (SSSR count). The molecule has 0 aliphatic heterocycles. The third-order valence-electron chi connectivity index (χ3n) is 2.57. The van der Waals surface area contributed by atoms with Gasteiger partial charge in [0.2, 0.25) is 0 Å². The molecular weight excluding hydrogens is 258 g/mol. The van der Waals surface area contributed by atoms with Crippen LogP contribution >= 0.6 is 0 Å². The Morgan fingerprint density at radius 1 is 1.20 bits per heavy atom. The number of rotatable bonds is 5. The number of nitro groups is 1. The normalized spacial score (nSPS) is 9.80. The summed E-state index contributed by atoms with van der Waals surface area (Å²) in [7, 11) is 7.79. The fourth-order valence-electron chi connectivity index (χ4n) is 1.74. The van der Waals surface area contributed by atoms with Gasteiger partial charge in [-0.05, 0) is 12.1 Å². The highest BCUT2D eigenvalue weighted by Gasteiger charge is 2.04. The summed E-state index contributed by atoms with van der Waals surface area (Å²) < 4.78 is 0. The number of benzene rings is 1. The molecule has 0 radical (unpaired) electrons. The van der Waals surface area contributed by atoms with Crippen LogP contribution in [0.2, 0.25) is 0 Å². The third kappa shape index (κ3) is 4.75. The number of anilines is 1. The molecule has 1 aromatic rings. The second-order valence-corrected chi connectivity index (χ2v) is 4.70. The summed E-state index contributed by atoms with van der Waals surface area (Å²) in [6.07, 6.45) is 0. The molecule has 110 valence electrons. The lowest BCUT2D eigenvalue weighted by Crippen LogP contribution is -2.35. The highest BCUT2D eigenvalue weighted by molar-refractivity contribution is 5.79. The van der Waals surface area contributed by atoms with Crippen molar-refractivity contribution in [1.82, 2.24) is 9.80 Å². The summed E-state index contributed by atoms with van der Waals surface area (Å²) in [6, 6.07) is 6.36. The van der Waals surface area contributed by atoms with E-state index in [1.54, 1.807) is 12.1 Å². The van der Waals surface area contributed by atoms with Crippen LogP contribution in [0.15, 0.2) is 29.3 Å². The maximum atomic E-state index is 10.5. The number of non-ortho nitro benzene ring substituents is 1. The van der Waals surface area contributed by atoms with Gasteiger partial charge in [-0.25, -0.2) is 0 Å². The van der Waals surface area contributed by atoms with Gasteiger partial charge in [-0.15, -0.1) is 0 Å². The van der Waals surface area contributed by atoms with E-state index in [4.69, 9.17) is 0 Å². The van der Waals surface area contributed by atoms with Crippen LogP contribution in [0.4, 0.5) is 11.4 Å². The predicted octanol–water partition coefficient (Wildman–Crippen LogP) is 1.49. The molecule has 0 aliphatic carbocycles. The molecule has 0 aliphatic rings. The fourth-order valence-corrected chi connectivity index (χ4v) is 1.74. The Hall–Kier alpha value is -2.31. The monoisotopic (exact) mass is 279 g/mol. The van der Waals surface area contributed by atoms with E-state index >= 15 is 0 Å². The molecule has 1 N–H and O–H groups in total. The van der Waals surface area contributed by atoms with E-state index in [1.165, 1.54) is 12.1 Å². The van der Waals surface area contributed by atoms with E-state index in [0.717, 1.165) is 11.6 Å². The van der Waals surface area contributed by atoms with Gasteiger partial charge < -0.3 is 15.1 Å². The molecule has 0 saturated heterocycles. The molecule has 0 unspecified atom stereocenters. The van der Waals surface area contributed by atoms with Crippen molar-refractivity contribution in [3.05, 3.63) is 34.4 Å². The molecule has 20 heavy (non-hydrogen) atoms. The second-order valence-electron chi connectivity index (χ2n) is 4.70. The first kappa shape index (κ1) is 15.7. The number of aliphatic imine (C=N–C) groups is 1. The number of hydrogen-bond acceptors (Lipinski definition) is 4. The Morgan fingerprint density at radius 2 is 1.75 bits per heavy atom. The SMILES string of the molecule is CN(C)C(=NCCNc1ccc([N+](=O)[O-])cc1)N(C)C. The van der Waals surface area contributed by atoms with Gasteiger partial charge in [-0.1, -0.05) is 0 Å². The van der Waals surface area contributed by atoms with Crippen molar-refractivity contribution in [3.63, 3.8) is 0 Å². The van der Waals surface area contributed by atoms with Crippen molar-refractivity contribution in [2.75, 3.05) is 46.6 Å². The van der Waals surface area contributed by atoms with Gasteiger partial charge in [-0.2, -0.15) is 0 Å². The zero-order chi connectivity index (χ0) is 15.1. The quantitative estimate of drug-likeness (QED) is 0.290. The third-order valence-corrected chi connectivity index (χ3v) is 2.57. The van der Waals surface area contributed by atoms with E-state index < -0.39 is 4.92 Å². The maximum absolute atomic E-state index is 10.5. The molecule has 1 aromatic carbocycles. The molecule has 0 spiro atoms. The molecule has 0 fully saturated rings. The topological polar surface area (TPSA) is 74.0 Å². The largest absolute Gasteiger partial charge is 0.383 e. The van der Waals surface area contributed by atoms with Gasteiger partial charge in [-0.3, -0.25) is 15.1 Å². The lowest BCUT2D eigenvalue weighted by molar-refractivity contribution is -0.384. The van der Waals surface area contributed by atoms with Crippen molar-refractivity contribution in [1.29, 1.82) is 0 Å². The summed E-state index contributed by atoms with van der Waals surface area (Å²) in [6.45, 7) is 1.30. The Kier molecular flexibility index (Phi) is 5.76. The van der Waals surface area contributed by atoms with Crippen LogP contribution in [0.1, 0.15) is 0 Å². The molecule has 0 aromatic heterocycles. The van der Waals surface area contributed by atoms with Crippen molar-refractivity contribution in [2.24, 2.45) is 4.99 Å². The summed E-state index contributed by atoms with van der Waals surface area (Å²) in [5, 5.41) is 13.7. The zero-order valence-corrected chi connectivity index (χ0v) is 12.3. The fraction of sp³-hybridized carbons (Fsp3) is 0.462. The first-order chi connectivity index (χ1) is 9.41. The average Bonchev–Trinajstić information content (AvgIpc) is 2.38. The maximum Gasteiger partial charge on any atom is 0.269 e. The smallest absolute Gasteiger partial charge is 0.269 e. The zero-order valence-electron chi connectivity index (χ0n) is 12.3. The summed E-state index contributed by atoms with van der Waals surface area (Å²) in [5.41, 5.74) is 0.943. The molecule has 7 heteroatoms. The average molecular weight is 279 g/mol. The minimum absolute atomic E-state index is 0.0936. The van der Waals surface area contributed by atoms with E-state index in [1.807, 2.05) is 38.0 Å². The number of nitro benzene ring substituents is 1. The summed E-state index contributed by atoms with van der Waals surface area (Å²) in [4.78, 5) is 18.5. The van der Waals surface area contributed by atoms with Crippen LogP contribution in [0.3, 0.4) is 0 Å². The molecule has 0 saturated carbocycles. The first-order valence-corrected chi connectivity index (χ1v) is 6.29. The van der Waals surface area contributed by atoms with Crippen molar-refractivity contribution >= 4 is 17.3 Å². The molecule has 0 bridgehead atoms. The molecule has 0 heterocycles. The van der Waals surface area contributed by atoms with Gasteiger partial charge in [0, 0.05) is 52.6 Å². The summed E-state index contributed by atoms with van der Waals surface area (Å²) >= 11 is 0. The van der Waals surface area contributed by atoms with Crippen LogP contribution in [0.5, 0.6) is 0 Å². The molecular formula is C13H21N5O2. The Balaban J connectivity index is 2.48. The molecule has 0 atom stereocenters. The number of nitrogens with one attached hydrogen (secondary N) is 1. The van der Waals surface area contributed by atoms with Crippen LogP contribution in [-0.4, -0.2) is 62.0 Å². The van der Waals surface area contributed by atoms with Gasteiger partial charge in [0.25, 0.3) is 5.69 Å². The van der Waals surface area contributed by atoms with E-state index in [2.05, 4.69) is 10.3 Å². The van der Waals surface area contributed by atoms with Gasteiger partial charge in [0.15, 0.2) is 5.96 Å². The Labute approximate surface area is 119 Å². The summed E-state index contributed by atoms with van der Waals surface area (Å²) in [5.74, 6) is 0.899. The first-order valence-electron chi connectivity index (χ1n) is 6.29. The Bertz CT molecular complexity index is 458. The van der Waals surface area contributed by atoms with Crippen LogP contribution < -0.4 is 5.32 Å². The number of nitrogens with zero attached hydrogens (tertiary/aromatic N) is 4. The van der Waals surface area contributed by atoms with E-state index in [-0.39, 0.29) is 5.69 Å². The van der Waals surface area contributed by atoms with E-state index in [0.29, 0.717) is 13.1 Å². The number of guanidine groups is 1. The van der Waals surface area contributed by atoms with Gasteiger partial charge >= 0.3 is 0 Å². The predicted molar refractivity (Wildman–Crippen MR) is 81.3 cm³/mol. The van der Waals surface area contributed by atoms with Gasteiger partial charge in [0.05, 0.1) is 11.5 Å². The minimum atomic E-state index is -0.408. The lowest BCUT2D eigenvalue weighted by Gasteiger charge is -2.22. The highest BCUT2D eigenvalue weighted by Crippen LogP contribution is 2.14. The van der Waals surface area contributed by atoms with Crippen molar-refractivity contribution in [2.45, 2.75) is 0 Å². The molecule has 0 amide bonds. The highest BCUT2D eigenvalue weighted by atomic mass is 16.6. The van der Waals surface area contributed by atoms with Crippen LogP contribution in [-0.2, 0) is 0 Å². The Morgan fingerprint density at radius 3 is 2.20 bits per heavy atom. The van der Waals surface area contributed by atoms with Crippen LogP contribution in [0, 0.1) is 10.1 Å². The van der Waals surface area contributed by atoms with E-state index in [9.17, 15) is 10.1 Å². The van der Waals surface area contributed by atoms with Crippen molar-refractivity contribution in [3.8, 4) is 0 Å².